The van der Waals surface area contributed by atoms with Crippen LogP contribution in [0.25, 0.3) is 21.9 Å². The molecule has 1 aromatic carbocycles. The molecule has 0 unspecified atom stereocenters. The van der Waals surface area contributed by atoms with Crippen LogP contribution >= 0.6 is 27.5 Å². The smallest absolute Gasteiger partial charge is 0.253 e. The highest BCUT2D eigenvalue weighted by molar-refractivity contribution is 9.10. The number of hydrogen-bond acceptors (Lipinski definition) is 3. The van der Waals surface area contributed by atoms with Crippen molar-refractivity contribution in [3.8, 4) is 0 Å². The standard InChI is InChI=1S/C17H12BrClN4O/c18-13-7-15(23-16-12(13)3-4-20-16)21-8-10-5-9-6-11(19)1-2-14(9)22-17(10)24/h1-7H,8H2,(H,22,24)(H2,20,21,23). The quantitative estimate of drug-likeness (QED) is 0.474. The number of rotatable bonds is 3. The molecule has 3 N–H and O–H groups in total. The zero-order valence-electron chi connectivity index (χ0n) is 12.4. The lowest BCUT2D eigenvalue weighted by Gasteiger charge is -2.08. The molecule has 0 aliphatic rings. The van der Waals surface area contributed by atoms with Gasteiger partial charge < -0.3 is 15.3 Å². The number of nitrogens with one attached hydrogen (secondary N) is 3. The van der Waals surface area contributed by atoms with E-state index in [0.717, 1.165) is 26.4 Å². The van der Waals surface area contributed by atoms with Gasteiger partial charge in [-0.15, -0.1) is 0 Å². The third-order valence-corrected chi connectivity index (χ3v) is 4.71. The van der Waals surface area contributed by atoms with Gasteiger partial charge in [0, 0.05) is 44.1 Å². The highest BCUT2D eigenvalue weighted by atomic mass is 79.9. The van der Waals surface area contributed by atoms with E-state index in [1.54, 1.807) is 12.1 Å². The first-order chi connectivity index (χ1) is 11.6. The second-order valence-corrected chi connectivity index (χ2v) is 6.73. The van der Waals surface area contributed by atoms with E-state index in [-0.39, 0.29) is 5.56 Å². The third kappa shape index (κ3) is 2.79. The van der Waals surface area contributed by atoms with Crippen molar-refractivity contribution in [3.05, 3.63) is 68.0 Å². The molecule has 0 radical (unpaired) electrons. The molecule has 0 aliphatic carbocycles. The number of fused-ring (bicyclic) bond motifs is 2. The first-order valence-corrected chi connectivity index (χ1v) is 8.46. The predicted octanol–water partition coefficient (Wildman–Crippen LogP) is 4.43. The second kappa shape index (κ2) is 5.96. The van der Waals surface area contributed by atoms with E-state index in [1.807, 2.05) is 30.5 Å². The summed E-state index contributed by atoms with van der Waals surface area (Å²) in [6, 6.07) is 11.1. The second-order valence-electron chi connectivity index (χ2n) is 5.44. The summed E-state index contributed by atoms with van der Waals surface area (Å²) in [6.45, 7) is 0.365. The van der Waals surface area contributed by atoms with Crippen LogP contribution in [0.5, 0.6) is 0 Å². The van der Waals surface area contributed by atoms with Crippen molar-refractivity contribution in [2.24, 2.45) is 0 Å². The summed E-state index contributed by atoms with van der Waals surface area (Å²) >= 11 is 9.55. The molecule has 120 valence electrons. The number of nitrogens with zero attached hydrogens (tertiary/aromatic N) is 1. The van der Waals surface area contributed by atoms with Gasteiger partial charge in [-0.05, 0) is 52.3 Å². The molecule has 0 amide bonds. The van der Waals surface area contributed by atoms with Crippen molar-refractivity contribution in [2.45, 2.75) is 6.54 Å². The van der Waals surface area contributed by atoms with E-state index < -0.39 is 0 Å². The summed E-state index contributed by atoms with van der Waals surface area (Å²) in [5.74, 6) is 0.683. The Kier molecular flexibility index (Phi) is 3.78. The molecule has 3 heterocycles. The predicted molar refractivity (Wildman–Crippen MR) is 101 cm³/mol. The van der Waals surface area contributed by atoms with Crippen molar-refractivity contribution in [1.82, 2.24) is 15.0 Å². The number of H-pyrrole nitrogens is 2. The molecule has 3 aromatic heterocycles. The van der Waals surface area contributed by atoms with E-state index in [2.05, 4.69) is 36.2 Å². The first kappa shape index (κ1) is 15.2. The summed E-state index contributed by atoms with van der Waals surface area (Å²) in [4.78, 5) is 22.6. The van der Waals surface area contributed by atoms with Crippen LogP contribution in [-0.2, 0) is 6.54 Å². The minimum absolute atomic E-state index is 0.127. The number of pyridine rings is 2. The van der Waals surface area contributed by atoms with Crippen LogP contribution in [0, 0.1) is 0 Å². The number of hydrogen-bond donors (Lipinski definition) is 3. The Balaban J connectivity index is 1.65. The zero-order chi connectivity index (χ0) is 16.7. The molecule has 0 aliphatic heterocycles. The van der Waals surface area contributed by atoms with Crippen molar-refractivity contribution >= 4 is 55.3 Å². The number of anilines is 1. The fraction of sp³-hybridized carbons (Fsp3) is 0.0588. The molecule has 7 heteroatoms. The van der Waals surface area contributed by atoms with E-state index in [0.29, 0.717) is 22.9 Å². The van der Waals surface area contributed by atoms with E-state index in [1.165, 1.54) is 0 Å². The molecular formula is C17H12BrClN4O. The van der Waals surface area contributed by atoms with Crippen LogP contribution in [0.15, 0.2) is 51.9 Å². The Morgan fingerprint density at radius 1 is 1.21 bits per heavy atom. The normalized spacial score (nSPS) is 11.2. The fourth-order valence-corrected chi connectivity index (χ4v) is 3.34. The summed E-state index contributed by atoms with van der Waals surface area (Å²) < 4.78 is 0.940. The number of halogens is 2. The highest BCUT2D eigenvalue weighted by Gasteiger charge is 2.07. The molecule has 4 aromatic rings. The van der Waals surface area contributed by atoms with Gasteiger partial charge in [-0.2, -0.15) is 0 Å². The molecule has 0 atom stereocenters. The molecule has 0 fully saturated rings. The minimum atomic E-state index is -0.127. The Morgan fingerprint density at radius 3 is 2.96 bits per heavy atom. The van der Waals surface area contributed by atoms with Crippen molar-refractivity contribution in [3.63, 3.8) is 0 Å². The lowest BCUT2D eigenvalue weighted by atomic mass is 10.1. The molecular weight excluding hydrogens is 392 g/mol. The lowest BCUT2D eigenvalue weighted by Crippen LogP contribution is -2.16. The van der Waals surface area contributed by atoms with Gasteiger partial charge in [-0.1, -0.05) is 11.6 Å². The Morgan fingerprint density at radius 2 is 2.08 bits per heavy atom. The molecule has 0 saturated carbocycles. The third-order valence-electron chi connectivity index (χ3n) is 3.82. The average molecular weight is 404 g/mol. The number of aromatic amines is 2. The highest BCUT2D eigenvalue weighted by Crippen LogP contribution is 2.25. The molecule has 4 rings (SSSR count). The molecule has 0 bridgehead atoms. The minimum Gasteiger partial charge on any atom is -0.366 e. The molecule has 0 saturated heterocycles. The summed E-state index contributed by atoms with van der Waals surface area (Å²) in [7, 11) is 0. The van der Waals surface area contributed by atoms with Gasteiger partial charge in [-0.25, -0.2) is 4.98 Å². The van der Waals surface area contributed by atoms with Gasteiger partial charge in [0.25, 0.3) is 5.56 Å². The van der Waals surface area contributed by atoms with Gasteiger partial charge >= 0.3 is 0 Å². The fourth-order valence-electron chi connectivity index (χ4n) is 2.63. The Bertz CT molecular complexity index is 1120. The van der Waals surface area contributed by atoms with E-state index >= 15 is 0 Å². The largest absolute Gasteiger partial charge is 0.366 e. The van der Waals surface area contributed by atoms with Crippen LogP contribution in [0.4, 0.5) is 5.82 Å². The van der Waals surface area contributed by atoms with Gasteiger partial charge in [0.15, 0.2) is 0 Å². The Labute approximate surface area is 150 Å². The van der Waals surface area contributed by atoms with Crippen molar-refractivity contribution in [1.29, 1.82) is 0 Å². The molecule has 5 nitrogen and oxygen atoms in total. The van der Waals surface area contributed by atoms with Crippen molar-refractivity contribution < 1.29 is 0 Å². The van der Waals surface area contributed by atoms with Crippen LogP contribution in [0.3, 0.4) is 0 Å². The van der Waals surface area contributed by atoms with Gasteiger partial charge in [0.2, 0.25) is 0 Å². The maximum Gasteiger partial charge on any atom is 0.253 e. The van der Waals surface area contributed by atoms with E-state index in [9.17, 15) is 4.79 Å². The van der Waals surface area contributed by atoms with Crippen LogP contribution in [0.2, 0.25) is 5.02 Å². The maximum atomic E-state index is 12.2. The zero-order valence-corrected chi connectivity index (χ0v) is 14.7. The SMILES string of the molecule is O=c1[nH]c2ccc(Cl)cc2cc1CNc1cc(Br)c2cc[nH]c2n1. The lowest BCUT2D eigenvalue weighted by molar-refractivity contribution is 1.07. The molecule has 24 heavy (non-hydrogen) atoms. The van der Waals surface area contributed by atoms with Crippen LogP contribution in [0.1, 0.15) is 5.56 Å². The Hall–Kier alpha value is -2.31. The van der Waals surface area contributed by atoms with E-state index in [4.69, 9.17) is 11.6 Å². The van der Waals surface area contributed by atoms with Crippen LogP contribution in [-0.4, -0.2) is 15.0 Å². The van der Waals surface area contributed by atoms with Gasteiger partial charge in [0.1, 0.15) is 11.5 Å². The average Bonchev–Trinajstić information content (AvgIpc) is 3.02. The number of aromatic nitrogens is 3. The summed E-state index contributed by atoms with van der Waals surface area (Å²) in [6.07, 6.45) is 1.84. The van der Waals surface area contributed by atoms with Crippen LogP contribution < -0.4 is 10.9 Å². The topological polar surface area (TPSA) is 73.6 Å². The van der Waals surface area contributed by atoms with Gasteiger partial charge in [0.05, 0.1) is 0 Å². The molecule has 0 spiro atoms. The summed E-state index contributed by atoms with van der Waals surface area (Å²) in [5.41, 5.74) is 2.04. The maximum absolute atomic E-state index is 12.2. The number of benzene rings is 1. The summed E-state index contributed by atoms with van der Waals surface area (Å²) in [5, 5.41) is 5.73. The van der Waals surface area contributed by atoms with Gasteiger partial charge in [-0.3, -0.25) is 4.79 Å². The monoisotopic (exact) mass is 402 g/mol. The first-order valence-electron chi connectivity index (χ1n) is 7.29. The van der Waals surface area contributed by atoms with Crippen molar-refractivity contribution in [2.75, 3.05) is 5.32 Å².